The lowest BCUT2D eigenvalue weighted by atomic mass is 10.2. The number of aromatic nitrogens is 5. The summed E-state index contributed by atoms with van der Waals surface area (Å²) in [6.07, 6.45) is 0. The van der Waals surface area contributed by atoms with E-state index in [-0.39, 0.29) is 0 Å². The average molecular weight is 348 g/mol. The van der Waals surface area contributed by atoms with Crippen molar-refractivity contribution in [3.63, 3.8) is 0 Å². The molecule has 0 radical (unpaired) electrons. The Kier molecular flexibility index (Phi) is 4.35. The molecule has 0 saturated carbocycles. The van der Waals surface area contributed by atoms with Crippen molar-refractivity contribution >= 4 is 28.9 Å². The number of nitrogens with zero attached hydrogens (tertiary/aromatic N) is 5. The molecular formula is C14H14ClN7S. The zero-order chi connectivity index (χ0) is 16.4. The summed E-state index contributed by atoms with van der Waals surface area (Å²) in [5.41, 5.74) is 5.36. The van der Waals surface area contributed by atoms with Gasteiger partial charge < -0.3 is 5.32 Å². The number of benzene rings is 1. The van der Waals surface area contributed by atoms with Gasteiger partial charge in [0.15, 0.2) is 10.8 Å². The van der Waals surface area contributed by atoms with E-state index in [1.807, 2.05) is 31.2 Å². The highest BCUT2D eigenvalue weighted by Gasteiger charge is 2.19. The van der Waals surface area contributed by atoms with Gasteiger partial charge in [0.25, 0.3) is 0 Å². The molecular weight excluding hydrogens is 334 g/mol. The smallest absolute Gasteiger partial charge is 0.205 e. The van der Waals surface area contributed by atoms with Crippen LogP contribution in [0.3, 0.4) is 0 Å². The monoisotopic (exact) mass is 347 g/mol. The lowest BCUT2D eigenvalue weighted by molar-refractivity contribution is 0.769. The van der Waals surface area contributed by atoms with Crippen molar-refractivity contribution in [1.82, 2.24) is 30.4 Å². The highest BCUT2D eigenvalue weighted by Crippen LogP contribution is 2.18. The van der Waals surface area contributed by atoms with Gasteiger partial charge in [0.05, 0.1) is 5.69 Å². The first-order valence-corrected chi connectivity index (χ1v) is 7.68. The summed E-state index contributed by atoms with van der Waals surface area (Å²) >= 11 is 11.5. The second-order valence-electron chi connectivity index (χ2n) is 4.93. The van der Waals surface area contributed by atoms with E-state index in [1.54, 1.807) is 11.6 Å². The first kappa shape index (κ1) is 15.6. The number of nitrogens with one attached hydrogen (secondary N) is 2. The minimum Gasteiger partial charge on any atom is -0.357 e. The molecule has 0 aliphatic carbocycles. The molecule has 2 aliphatic heterocycles. The van der Waals surface area contributed by atoms with Gasteiger partial charge in [-0.15, -0.1) is 15.3 Å². The fourth-order valence-corrected chi connectivity index (χ4v) is 2.43. The highest BCUT2D eigenvalue weighted by atomic mass is 35.5. The average Bonchev–Trinajstić information content (AvgIpc) is 2.91. The van der Waals surface area contributed by atoms with Crippen LogP contribution in [0.1, 0.15) is 17.1 Å². The number of hydrogen-bond acceptors (Lipinski definition) is 5. The predicted octanol–water partition coefficient (Wildman–Crippen LogP) is 2.06. The van der Waals surface area contributed by atoms with E-state index in [4.69, 9.17) is 23.8 Å². The molecule has 0 atom stereocenters. The summed E-state index contributed by atoms with van der Waals surface area (Å²) in [6.45, 7) is 4.15. The maximum atomic E-state index is 6.13. The molecule has 0 bridgehead atoms. The zero-order valence-corrected chi connectivity index (χ0v) is 14.1. The molecule has 9 heteroatoms. The molecule has 0 aromatic heterocycles. The fourth-order valence-electron chi connectivity index (χ4n) is 2.06. The minimum atomic E-state index is 0.424. The highest BCUT2D eigenvalue weighted by molar-refractivity contribution is 7.80. The first-order valence-electron chi connectivity index (χ1n) is 6.89. The zero-order valence-electron chi connectivity index (χ0n) is 12.5. The Morgan fingerprint density at radius 3 is 2.74 bits per heavy atom. The molecule has 1 aromatic carbocycles. The van der Waals surface area contributed by atoms with Gasteiger partial charge >= 0.3 is 0 Å². The summed E-state index contributed by atoms with van der Waals surface area (Å²) in [7, 11) is 0. The molecule has 0 fully saturated rings. The normalized spacial score (nSPS) is 10.7. The second kappa shape index (κ2) is 6.43. The molecule has 118 valence electrons. The summed E-state index contributed by atoms with van der Waals surface area (Å²) in [5, 5.41) is 20.5. The maximum absolute atomic E-state index is 6.13. The maximum Gasteiger partial charge on any atom is 0.205 e. The SMILES string of the molecule is Cc1nnc2n(NC(=S)NCc3ccccc3Cl)c(C)nnc1-2. The van der Waals surface area contributed by atoms with Crippen LogP contribution in [0.25, 0.3) is 11.5 Å². The van der Waals surface area contributed by atoms with Crippen molar-refractivity contribution in [2.75, 3.05) is 5.43 Å². The van der Waals surface area contributed by atoms with E-state index < -0.39 is 0 Å². The number of aryl methyl sites for hydroxylation is 2. The molecule has 23 heavy (non-hydrogen) atoms. The van der Waals surface area contributed by atoms with E-state index in [1.165, 1.54) is 0 Å². The lowest BCUT2D eigenvalue weighted by Gasteiger charge is -2.16. The van der Waals surface area contributed by atoms with Crippen LogP contribution in [0, 0.1) is 13.8 Å². The molecule has 7 nitrogen and oxygen atoms in total. The second-order valence-corrected chi connectivity index (χ2v) is 5.74. The molecule has 2 N–H and O–H groups in total. The van der Waals surface area contributed by atoms with Gasteiger partial charge in [-0.2, -0.15) is 5.10 Å². The number of halogens is 1. The van der Waals surface area contributed by atoms with Gasteiger partial charge in [-0.05, 0) is 37.7 Å². The van der Waals surface area contributed by atoms with E-state index >= 15 is 0 Å². The van der Waals surface area contributed by atoms with Gasteiger partial charge in [-0.3, -0.25) is 5.43 Å². The Morgan fingerprint density at radius 1 is 1.17 bits per heavy atom. The Balaban J connectivity index is 1.73. The van der Waals surface area contributed by atoms with Crippen molar-refractivity contribution in [1.29, 1.82) is 0 Å². The minimum absolute atomic E-state index is 0.424. The standard InChI is InChI=1S/C14H14ClN7S/c1-8-12-13(20-17-8)22(9(2)18-19-12)21-14(23)16-7-10-5-3-4-6-11(10)15/h3-6H,7H2,1-2H3,(H2,16,21,23). The van der Waals surface area contributed by atoms with Crippen LogP contribution in [0.5, 0.6) is 0 Å². The van der Waals surface area contributed by atoms with Crippen molar-refractivity contribution in [2.24, 2.45) is 0 Å². The van der Waals surface area contributed by atoms with Crippen molar-refractivity contribution in [2.45, 2.75) is 20.4 Å². The van der Waals surface area contributed by atoms with Gasteiger partial charge in [0.1, 0.15) is 5.82 Å². The summed E-state index contributed by atoms with van der Waals surface area (Å²) in [4.78, 5) is 0. The summed E-state index contributed by atoms with van der Waals surface area (Å²) in [6, 6.07) is 7.59. The first-order chi connectivity index (χ1) is 11.1. The van der Waals surface area contributed by atoms with E-state index in [9.17, 15) is 0 Å². The predicted molar refractivity (Wildman–Crippen MR) is 92.0 cm³/mol. The molecule has 0 unspecified atom stereocenters. The molecule has 2 heterocycles. The van der Waals surface area contributed by atoms with Gasteiger partial charge in [0, 0.05) is 11.6 Å². The van der Waals surface area contributed by atoms with E-state index in [2.05, 4.69) is 31.1 Å². The Morgan fingerprint density at radius 2 is 1.96 bits per heavy atom. The topological polar surface area (TPSA) is 80.5 Å². The molecule has 0 saturated heterocycles. The summed E-state index contributed by atoms with van der Waals surface area (Å²) < 4.78 is 1.66. The van der Waals surface area contributed by atoms with Crippen molar-refractivity contribution in [3.8, 4) is 11.5 Å². The van der Waals surface area contributed by atoms with Crippen molar-refractivity contribution < 1.29 is 0 Å². The van der Waals surface area contributed by atoms with Crippen LogP contribution < -0.4 is 10.7 Å². The summed E-state index contributed by atoms with van der Waals surface area (Å²) in [5.74, 6) is 1.20. The molecule has 0 spiro atoms. The van der Waals surface area contributed by atoms with Crippen LogP contribution >= 0.6 is 23.8 Å². The van der Waals surface area contributed by atoms with E-state index in [0.717, 1.165) is 11.3 Å². The Bertz CT molecular complexity index is 832. The lowest BCUT2D eigenvalue weighted by Crippen LogP contribution is -2.35. The number of thiocarbonyl (C=S) groups is 1. The molecule has 1 aromatic rings. The molecule has 2 aliphatic rings. The Labute approximate surface area is 143 Å². The Hall–Kier alpha value is -2.32. The number of fused-ring (bicyclic) bond motifs is 1. The van der Waals surface area contributed by atoms with Gasteiger partial charge in [-0.1, -0.05) is 29.8 Å². The third-order valence-electron chi connectivity index (χ3n) is 3.29. The largest absolute Gasteiger partial charge is 0.357 e. The van der Waals surface area contributed by atoms with Gasteiger partial charge in [-0.25, -0.2) is 4.68 Å². The van der Waals surface area contributed by atoms with Crippen LogP contribution in [0.4, 0.5) is 0 Å². The number of hydrogen-bond donors (Lipinski definition) is 2. The quantitative estimate of drug-likeness (QED) is 0.702. The van der Waals surface area contributed by atoms with Crippen LogP contribution in [-0.2, 0) is 6.54 Å². The fraction of sp³-hybridized carbons (Fsp3) is 0.214. The molecule has 0 amide bonds. The van der Waals surface area contributed by atoms with Crippen LogP contribution in [0.15, 0.2) is 24.3 Å². The van der Waals surface area contributed by atoms with Gasteiger partial charge in [0.2, 0.25) is 5.82 Å². The molecule has 3 rings (SSSR count). The van der Waals surface area contributed by atoms with Crippen LogP contribution in [0.2, 0.25) is 5.02 Å². The third kappa shape index (κ3) is 3.22. The van der Waals surface area contributed by atoms with Crippen molar-refractivity contribution in [3.05, 3.63) is 46.4 Å². The van der Waals surface area contributed by atoms with E-state index in [0.29, 0.717) is 34.0 Å². The van der Waals surface area contributed by atoms with Crippen LogP contribution in [-0.4, -0.2) is 30.2 Å². The third-order valence-corrected chi connectivity index (χ3v) is 3.89. The number of rotatable bonds is 3.